The fraction of sp³-hybridized carbons (Fsp3) is 0.398. The predicted octanol–water partition coefficient (Wildman–Crippen LogP) is 10.4. The van der Waals surface area contributed by atoms with E-state index in [-0.39, 0.29) is 41.0 Å². The first-order valence-electron chi connectivity index (χ1n) is 37.4. The number of fused-ring (bicyclic) bond motifs is 1. The van der Waals surface area contributed by atoms with E-state index in [9.17, 15) is 39.8 Å². The van der Waals surface area contributed by atoms with Crippen LogP contribution in [-0.2, 0) is 113 Å². The van der Waals surface area contributed by atoms with Gasteiger partial charge in [0.15, 0.2) is 49.6 Å². The number of azide groups is 2. The summed E-state index contributed by atoms with van der Waals surface area (Å²) in [6.45, 7) is 4.83. The molecule has 21 atom stereocenters. The minimum absolute atomic E-state index is 0.0195. The lowest BCUT2D eigenvalue weighted by Crippen LogP contribution is -2.70. The van der Waals surface area contributed by atoms with E-state index in [0.717, 1.165) is 14.0 Å². The number of hydrogen-bond acceptors (Lipinski definition) is 29. The monoisotopic (exact) mass is 1610 g/mol. The van der Waals surface area contributed by atoms with Gasteiger partial charge in [-0.2, -0.15) is 0 Å². The van der Waals surface area contributed by atoms with E-state index in [4.69, 9.17) is 90.0 Å². The van der Waals surface area contributed by atoms with Crippen molar-refractivity contribution in [2.45, 2.75) is 182 Å². The number of rotatable bonds is 31. The molecule has 34 heteroatoms. The summed E-state index contributed by atoms with van der Waals surface area (Å²) >= 11 is 0. The third-order valence-corrected chi connectivity index (χ3v) is 19.3. The number of carbonyl (C=O) groups is 8. The molecule has 1 amide bonds. The first-order chi connectivity index (χ1) is 56.7. The van der Waals surface area contributed by atoms with Crippen molar-refractivity contribution in [3.8, 4) is 0 Å². The van der Waals surface area contributed by atoms with Gasteiger partial charge in [0.05, 0.1) is 73.0 Å². The van der Waals surface area contributed by atoms with Gasteiger partial charge in [-0.3, -0.25) is 4.79 Å². The molecule has 1 N–H and O–H groups in total. The normalized spacial score (nSPS) is 28.1. The molecule has 5 aliphatic rings. The maximum absolute atomic E-state index is 15.1. The first kappa shape index (κ1) is 84.7. The second-order valence-corrected chi connectivity index (χ2v) is 27.8. The van der Waals surface area contributed by atoms with Crippen LogP contribution in [0.4, 0.5) is 4.79 Å². The van der Waals surface area contributed by atoms with E-state index in [1.807, 2.05) is 0 Å². The molecule has 34 nitrogen and oxygen atoms in total. The van der Waals surface area contributed by atoms with Gasteiger partial charge < -0.3 is 95.3 Å². The highest BCUT2D eigenvalue weighted by atomic mass is 16.8. The van der Waals surface area contributed by atoms with Crippen LogP contribution >= 0.6 is 0 Å². The zero-order valence-corrected chi connectivity index (χ0v) is 64.1. The second kappa shape index (κ2) is 40.2. The summed E-state index contributed by atoms with van der Waals surface area (Å²) in [7, 11) is 1.09. The fourth-order valence-electron chi connectivity index (χ4n) is 13.8. The molecule has 0 unspecified atom stereocenters. The van der Waals surface area contributed by atoms with E-state index < -0.39 is 202 Å². The maximum atomic E-state index is 15.1. The zero-order valence-electron chi connectivity index (χ0n) is 64.1. The van der Waals surface area contributed by atoms with Crippen molar-refractivity contribution in [2.75, 3.05) is 26.9 Å². The summed E-state index contributed by atoms with van der Waals surface area (Å²) in [6, 6.07) is 50.4. The van der Waals surface area contributed by atoms with Gasteiger partial charge in [0.1, 0.15) is 74.1 Å². The number of methoxy groups -OCH3 is 1. The summed E-state index contributed by atoms with van der Waals surface area (Å²) in [5.41, 5.74) is 23.0. The van der Waals surface area contributed by atoms with Crippen molar-refractivity contribution in [1.29, 1.82) is 0 Å². The number of nitrogens with zero attached hydrogens (tertiary/aromatic N) is 6. The predicted molar refractivity (Wildman–Crippen MR) is 403 cm³/mol. The molecule has 0 aliphatic carbocycles. The molecule has 0 saturated carbocycles. The fourth-order valence-corrected chi connectivity index (χ4v) is 13.8. The Bertz CT molecular complexity index is 4600. The quantitative estimate of drug-likeness (QED) is 0.0139. The molecule has 0 spiro atoms. The van der Waals surface area contributed by atoms with Crippen LogP contribution in [0.25, 0.3) is 20.9 Å². The van der Waals surface area contributed by atoms with E-state index >= 15 is 9.59 Å². The van der Waals surface area contributed by atoms with Gasteiger partial charge in [-0.15, -0.1) is 0 Å². The summed E-state index contributed by atoms with van der Waals surface area (Å²) in [5, 5.41) is 11.1. The molecule has 5 saturated heterocycles. The minimum Gasteiger partial charge on any atom is -0.465 e. The van der Waals surface area contributed by atoms with Crippen molar-refractivity contribution in [3.05, 3.63) is 272 Å². The van der Waals surface area contributed by atoms with Crippen LogP contribution in [0.15, 0.2) is 223 Å². The number of esters is 7. The molecule has 5 heterocycles. The topological polar surface area (TPSA) is 421 Å². The van der Waals surface area contributed by atoms with Crippen LogP contribution < -0.4 is 5.32 Å². The Hall–Kier alpha value is -11.7. The third kappa shape index (κ3) is 21.5. The molecular formula is C83H85N7O27. The van der Waals surface area contributed by atoms with Crippen LogP contribution in [0.2, 0.25) is 0 Å². The van der Waals surface area contributed by atoms with Gasteiger partial charge in [-0.05, 0) is 104 Å². The van der Waals surface area contributed by atoms with Gasteiger partial charge in [0, 0.05) is 23.7 Å². The maximum Gasteiger partial charge on any atom is 0.407 e. The standard InChI is InChI=1S/C83H85N7O27/c1-47(2)104-79-71(112-76(96)56-40-26-13-27-41-56)69(65-59(109-79)46-103-83(5,117-65)81(97)99-6)116-78-62(88-90-85)67(63(57(108-78)44-100-42-50-28-14-7-15-29-50)113-77-61(87-89-84)66(106-49(4)91)60(48(3)105-77)86-82(98)102-43-51-30-16-8-17-31-51)115-80-70(111-75(95)55-38-24-12-25-39-55)68(110-74(94)54-36-22-11-23-37-54)64(114-80)58(107-73(93)53-34-20-10-21-35-53)45-101-72(92)52-32-18-9-19-33-52/h7-41,47-48,57-71,77-80H,42-46H2,1-6H3,(H,86,98)/t48-,57-,58-,59-,60+,61-,62-,63+,64+,65+,66+,67-,68+,69+,70-,71-,77-,78-,79-,80+,83-/m1/s1. The lowest BCUT2D eigenvalue weighted by molar-refractivity contribution is -0.404. The molecule has 5 fully saturated rings. The number of amides is 1. The lowest BCUT2D eigenvalue weighted by Gasteiger charge is -2.53. The Morgan fingerprint density at radius 2 is 0.974 bits per heavy atom. The second-order valence-electron chi connectivity index (χ2n) is 27.8. The Morgan fingerprint density at radius 1 is 0.513 bits per heavy atom. The van der Waals surface area contributed by atoms with Crippen LogP contribution in [0, 0.1) is 0 Å². The third-order valence-electron chi connectivity index (χ3n) is 19.3. The average molecular weight is 1610 g/mol. The van der Waals surface area contributed by atoms with Gasteiger partial charge in [0.25, 0.3) is 5.79 Å². The number of alkyl carbamates (subject to hydrolysis) is 1. The van der Waals surface area contributed by atoms with Crippen molar-refractivity contribution < 1.29 is 128 Å². The molecule has 0 bridgehead atoms. The van der Waals surface area contributed by atoms with Crippen molar-refractivity contribution in [2.24, 2.45) is 10.2 Å². The van der Waals surface area contributed by atoms with E-state index in [1.54, 1.807) is 153 Å². The first-order valence-corrected chi connectivity index (χ1v) is 37.4. The molecule has 5 aliphatic heterocycles. The number of nitrogens with one attached hydrogen (secondary N) is 1. The number of ether oxygens (including phenoxy) is 19. The minimum atomic E-state index is -2.24. The summed E-state index contributed by atoms with van der Waals surface area (Å²) in [6.07, 6.45) is -32.8. The Balaban J connectivity index is 1.04. The largest absolute Gasteiger partial charge is 0.465 e. The highest BCUT2D eigenvalue weighted by molar-refractivity contribution is 5.92. The molecular weight excluding hydrogens is 1530 g/mol. The van der Waals surface area contributed by atoms with Crippen LogP contribution in [0.5, 0.6) is 0 Å². The van der Waals surface area contributed by atoms with Gasteiger partial charge in [-0.25, -0.2) is 33.6 Å². The zero-order chi connectivity index (χ0) is 82.5. The number of benzene rings is 7. The molecule has 0 radical (unpaired) electrons. The summed E-state index contributed by atoms with van der Waals surface area (Å²) in [5.74, 6) is -9.28. The number of carbonyl (C=O) groups excluding carboxylic acids is 8. The summed E-state index contributed by atoms with van der Waals surface area (Å²) in [4.78, 5) is 121. The molecule has 614 valence electrons. The van der Waals surface area contributed by atoms with Gasteiger partial charge >= 0.3 is 47.9 Å². The van der Waals surface area contributed by atoms with Crippen LogP contribution in [-0.4, -0.2) is 209 Å². The van der Waals surface area contributed by atoms with Gasteiger partial charge in [-0.1, -0.05) is 162 Å². The average Bonchev–Trinajstić information content (AvgIpc) is 1.51. The van der Waals surface area contributed by atoms with Crippen molar-refractivity contribution in [3.63, 3.8) is 0 Å². The van der Waals surface area contributed by atoms with Crippen molar-refractivity contribution in [1.82, 2.24) is 5.32 Å². The molecule has 0 aromatic heterocycles. The Kier molecular flexibility index (Phi) is 29.1. The summed E-state index contributed by atoms with van der Waals surface area (Å²) < 4.78 is 123. The Labute approximate surface area is 670 Å². The number of hydrogen-bond donors (Lipinski definition) is 1. The van der Waals surface area contributed by atoms with Crippen LogP contribution in [0.3, 0.4) is 0 Å². The molecule has 7 aromatic rings. The van der Waals surface area contributed by atoms with E-state index in [0.29, 0.717) is 11.1 Å². The van der Waals surface area contributed by atoms with Crippen molar-refractivity contribution >= 4 is 47.9 Å². The highest BCUT2D eigenvalue weighted by Crippen LogP contribution is 2.43. The van der Waals surface area contributed by atoms with Gasteiger partial charge in [0.2, 0.25) is 0 Å². The van der Waals surface area contributed by atoms with E-state index in [1.165, 1.54) is 86.6 Å². The molecule has 7 aromatic carbocycles. The van der Waals surface area contributed by atoms with E-state index in [2.05, 4.69) is 25.4 Å². The Morgan fingerprint density at radius 3 is 1.49 bits per heavy atom. The highest BCUT2D eigenvalue weighted by Gasteiger charge is 2.63. The lowest BCUT2D eigenvalue weighted by atomic mass is 9.93. The molecule has 117 heavy (non-hydrogen) atoms. The smallest absolute Gasteiger partial charge is 0.407 e. The SMILES string of the molecule is COC(=O)[C@]1(C)OC[C@H]2O[C@@H](OC(C)C)[C@H](OC(=O)c3ccccc3)[C@@H](O[C@H]3O[C@H](COCc4ccccc4)[C@H](O[C@H]4O[C@H](C)[C@H](NC(=O)OCc5ccccc5)[C@H](OC(C)=O)[C@H]4N=[N+]=[N-])[C@H](O[C@@H]4O[C@@H]([C@@H](COC(=O)c5ccccc5)OC(=O)c5ccccc5)[C@H](OC(=O)c5ccccc5)[C@H]4OC(=O)c4ccccc4)[C@H]3N=[N+]=[N-])[C@H]2O1. The molecule has 12 rings (SSSR count). The van der Waals surface area contributed by atoms with Crippen LogP contribution in [0.1, 0.15) is 97.5 Å².